The molecule has 1 nitrogen and oxygen atoms in total. The van der Waals surface area contributed by atoms with Gasteiger partial charge in [0.2, 0.25) is 0 Å². The van der Waals surface area contributed by atoms with E-state index in [2.05, 4.69) is 24.3 Å². The van der Waals surface area contributed by atoms with Crippen molar-refractivity contribution in [1.29, 1.82) is 0 Å². The summed E-state index contributed by atoms with van der Waals surface area (Å²) in [6, 6.07) is 18.4. The standard InChI is InChI=1S/C16H15OTe/c17-16(13-6-2-1-3-7-13)12-18-10-14-8-4-5-9-15(14)11-18/h1-9H,10-12H2/q+1. The predicted octanol–water partition coefficient (Wildman–Crippen LogP) is 3.24. The van der Waals surface area contributed by atoms with Gasteiger partial charge in [0.15, 0.2) is 0 Å². The molecule has 2 heteroatoms. The summed E-state index contributed by atoms with van der Waals surface area (Å²) < 4.78 is 3.28. The van der Waals surface area contributed by atoms with E-state index in [0.717, 1.165) is 10.0 Å². The van der Waals surface area contributed by atoms with Crippen molar-refractivity contribution in [2.24, 2.45) is 0 Å². The first kappa shape index (κ1) is 12.0. The molecule has 0 N–H and O–H groups in total. The number of rotatable bonds is 3. The second kappa shape index (κ2) is 5.26. The fraction of sp³-hybridized carbons (Fsp3) is 0.188. The van der Waals surface area contributed by atoms with Crippen LogP contribution >= 0.6 is 0 Å². The van der Waals surface area contributed by atoms with E-state index >= 15 is 0 Å². The van der Waals surface area contributed by atoms with E-state index < -0.39 is 19.6 Å². The van der Waals surface area contributed by atoms with Crippen LogP contribution in [0.4, 0.5) is 0 Å². The fourth-order valence-corrected chi connectivity index (χ4v) is 8.85. The van der Waals surface area contributed by atoms with Crippen molar-refractivity contribution >= 4 is 25.3 Å². The zero-order valence-electron chi connectivity index (χ0n) is 10.1. The summed E-state index contributed by atoms with van der Waals surface area (Å²) in [7, 11) is 0. The van der Waals surface area contributed by atoms with Gasteiger partial charge in [0, 0.05) is 0 Å². The molecule has 0 atom stereocenters. The molecule has 0 radical (unpaired) electrons. The molecule has 0 saturated heterocycles. The van der Waals surface area contributed by atoms with Crippen LogP contribution in [0.25, 0.3) is 0 Å². The number of Topliss-reactive ketones (excluding diaryl/α,β-unsaturated/α-hetero) is 1. The van der Waals surface area contributed by atoms with Gasteiger partial charge in [0.25, 0.3) is 0 Å². The summed E-state index contributed by atoms with van der Waals surface area (Å²) in [5, 5.41) is 0. The Morgan fingerprint density at radius 2 is 1.44 bits per heavy atom. The second-order valence-electron chi connectivity index (χ2n) is 4.60. The van der Waals surface area contributed by atoms with E-state index in [4.69, 9.17) is 0 Å². The van der Waals surface area contributed by atoms with Crippen LogP contribution < -0.4 is 0 Å². The van der Waals surface area contributed by atoms with Crippen LogP contribution in [-0.2, 0) is 8.94 Å². The molecule has 0 fully saturated rings. The Bertz CT molecular complexity index is 537. The average Bonchev–Trinajstić information content (AvgIpc) is 2.82. The Labute approximate surface area is 114 Å². The van der Waals surface area contributed by atoms with Crippen molar-refractivity contribution in [3.05, 3.63) is 71.3 Å². The van der Waals surface area contributed by atoms with E-state index in [0.29, 0.717) is 5.78 Å². The summed E-state index contributed by atoms with van der Waals surface area (Å²) in [5.41, 5.74) is 3.87. The molecule has 1 heterocycles. The molecule has 3 rings (SSSR count). The summed E-state index contributed by atoms with van der Waals surface area (Å²) in [6.07, 6.45) is 0. The molecule has 2 aromatic rings. The van der Waals surface area contributed by atoms with Gasteiger partial charge in [-0.15, -0.1) is 0 Å². The molecule has 1 aliphatic heterocycles. The molecule has 0 spiro atoms. The van der Waals surface area contributed by atoms with Crippen LogP contribution in [-0.4, -0.2) is 25.3 Å². The third kappa shape index (κ3) is 2.50. The predicted molar refractivity (Wildman–Crippen MR) is 75.2 cm³/mol. The van der Waals surface area contributed by atoms with Crippen molar-refractivity contribution in [1.82, 2.24) is 0 Å². The molecule has 0 aromatic heterocycles. The Morgan fingerprint density at radius 3 is 2.06 bits per heavy atom. The van der Waals surface area contributed by atoms with Crippen LogP contribution in [0.3, 0.4) is 0 Å². The number of benzene rings is 2. The van der Waals surface area contributed by atoms with Gasteiger partial charge in [-0.25, -0.2) is 0 Å². The number of carbonyl (C=O) groups is 1. The quantitative estimate of drug-likeness (QED) is 0.613. The molecule has 0 saturated carbocycles. The minimum atomic E-state index is -1.27. The monoisotopic (exact) mass is 353 g/mol. The normalized spacial score (nSPS) is 14.4. The zero-order chi connectivity index (χ0) is 12.4. The summed E-state index contributed by atoms with van der Waals surface area (Å²) in [4.78, 5) is 12.2. The zero-order valence-corrected chi connectivity index (χ0v) is 12.5. The third-order valence-electron chi connectivity index (χ3n) is 3.27. The van der Waals surface area contributed by atoms with Gasteiger partial charge < -0.3 is 0 Å². The van der Waals surface area contributed by atoms with Gasteiger partial charge in [0.1, 0.15) is 0 Å². The van der Waals surface area contributed by atoms with E-state index in [1.807, 2.05) is 30.3 Å². The Morgan fingerprint density at radius 1 is 0.889 bits per heavy atom. The van der Waals surface area contributed by atoms with Crippen LogP contribution in [0.5, 0.6) is 0 Å². The molecule has 18 heavy (non-hydrogen) atoms. The Balaban J connectivity index is 1.68. The minimum absolute atomic E-state index is 0.347. The Hall–Kier alpha value is -1.10. The van der Waals surface area contributed by atoms with E-state index in [-0.39, 0.29) is 0 Å². The second-order valence-corrected chi connectivity index (χ2v) is 10.6. The van der Waals surface area contributed by atoms with E-state index in [1.54, 1.807) is 0 Å². The average molecular weight is 351 g/mol. The van der Waals surface area contributed by atoms with Gasteiger partial charge in [-0.2, -0.15) is 0 Å². The summed E-state index contributed by atoms with van der Waals surface area (Å²) >= 11 is -1.27. The SMILES string of the molecule is O=C(C[Te+]1Cc2ccccc2C1)c1ccccc1. The van der Waals surface area contributed by atoms with Gasteiger partial charge in [0.05, 0.1) is 0 Å². The molecular weight excluding hydrogens is 336 g/mol. The number of carbonyl (C=O) groups excluding carboxylic acids is 1. The fourth-order valence-electron chi connectivity index (χ4n) is 2.32. The molecule has 0 amide bonds. The van der Waals surface area contributed by atoms with Crippen LogP contribution in [0.1, 0.15) is 21.5 Å². The molecule has 0 bridgehead atoms. The van der Waals surface area contributed by atoms with Crippen LogP contribution in [0.2, 0.25) is 4.47 Å². The maximum absolute atomic E-state index is 12.2. The number of ketones is 1. The van der Waals surface area contributed by atoms with Crippen molar-refractivity contribution < 1.29 is 4.79 Å². The topological polar surface area (TPSA) is 17.1 Å². The molecular formula is C16H15OTe+. The number of fused-ring (bicyclic) bond motifs is 1. The van der Waals surface area contributed by atoms with Gasteiger partial charge in [-0.3, -0.25) is 0 Å². The first-order valence-electron chi connectivity index (χ1n) is 6.12. The maximum atomic E-state index is 12.2. The molecule has 2 aromatic carbocycles. The van der Waals surface area contributed by atoms with E-state index in [1.165, 1.54) is 20.1 Å². The van der Waals surface area contributed by atoms with E-state index in [9.17, 15) is 4.79 Å². The number of hydrogen-bond donors (Lipinski definition) is 0. The van der Waals surface area contributed by atoms with Gasteiger partial charge in [-0.05, 0) is 0 Å². The van der Waals surface area contributed by atoms with Crippen LogP contribution in [0, 0.1) is 0 Å². The number of hydrogen-bond acceptors (Lipinski definition) is 1. The summed E-state index contributed by atoms with van der Waals surface area (Å²) in [6.45, 7) is 0. The van der Waals surface area contributed by atoms with Crippen molar-refractivity contribution in [3.63, 3.8) is 0 Å². The molecule has 90 valence electrons. The Kier molecular flexibility index (Phi) is 3.50. The van der Waals surface area contributed by atoms with Gasteiger partial charge >= 0.3 is 115 Å². The molecule has 0 unspecified atom stereocenters. The third-order valence-corrected chi connectivity index (χ3v) is 9.29. The van der Waals surface area contributed by atoms with Gasteiger partial charge in [-0.1, -0.05) is 0 Å². The van der Waals surface area contributed by atoms with Crippen molar-refractivity contribution in [2.45, 2.75) is 13.4 Å². The van der Waals surface area contributed by atoms with Crippen LogP contribution in [0.15, 0.2) is 54.6 Å². The molecule has 0 aliphatic carbocycles. The van der Waals surface area contributed by atoms with Crippen molar-refractivity contribution in [3.8, 4) is 0 Å². The first-order valence-corrected chi connectivity index (χ1v) is 11.1. The first-order chi connectivity index (χ1) is 8.83. The summed E-state index contributed by atoms with van der Waals surface area (Å²) in [5.74, 6) is 0.347. The van der Waals surface area contributed by atoms with Crippen molar-refractivity contribution in [2.75, 3.05) is 0 Å². The molecule has 1 aliphatic rings.